The first-order valence-electron chi connectivity index (χ1n) is 9.23. The summed E-state index contributed by atoms with van der Waals surface area (Å²) in [5.41, 5.74) is 0.886. The molecule has 2 heterocycles. The quantitative estimate of drug-likeness (QED) is 0.685. The maximum atomic E-state index is 13.5. The standard InChI is InChI=1S/C21H19F3N2O3S/c1-25(2)12-17-19(27)11-18-15-5-3-4-6-16(15)20(17)26(18)30(28,29)14-9-7-13(8-10-14)21(22,23)24/h3-10,12,18,20H,11H2,1-2H3. The zero-order valence-electron chi connectivity index (χ0n) is 16.2. The maximum Gasteiger partial charge on any atom is 0.416 e. The van der Waals surface area contributed by atoms with Crippen molar-refractivity contribution in [3.63, 3.8) is 0 Å². The summed E-state index contributed by atoms with van der Waals surface area (Å²) in [6, 6.07) is 9.08. The molecule has 0 aromatic heterocycles. The monoisotopic (exact) mass is 436 g/mol. The van der Waals surface area contributed by atoms with E-state index in [1.54, 1.807) is 49.5 Å². The number of Topliss-reactive ketones (excluding diaryl/α,β-unsaturated/α-hetero) is 1. The van der Waals surface area contributed by atoms with Gasteiger partial charge in [-0.25, -0.2) is 8.42 Å². The molecule has 1 fully saturated rings. The van der Waals surface area contributed by atoms with E-state index in [1.165, 1.54) is 4.31 Å². The van der Waals surface area contributed by atoms with Gasteiger partial charge in [0.25, 0.3) is 0 Å². The minimum atomic E-state index is -4.56. The molecule has 4 rings (SSSR count). The molecule has 0 radical (unpaired) electrons. The summed E-state index contributed by atoms with van der Waals surface area (Å²) in [5.74, 6) is -0.145. The molecule has 1 saturated heterocycles. The Hall–Kier alpha value is -2.65. The third-order valence-corrected chi connectivity index (χ3v) is 7.25. The highest BCUT2D eigenvalue weighted by atomic mass is 32.2. The fourth-order valence-corrected chi connectivity index (χ4v) is 5.88. The molecule has 158 valence electrons. The van der Waals surface area contributed by atoms with E-state index in [4.69, 9.17) is 0 Å². The Kier molecular flexibility index (Phi) is 4.78. The van der Waals surface area contributed by atoms with E-state index in [9.17, 15) is 26.4 Å². The molecular formula is C21H19F3N2O3S. The largest absolute Gasteiger partial charge is 0.416 e. The van der Waals surface area contributed by atoms with Crippen LogP contribution in [-0.2, 0) is 21.0 Å². The summed E-state index contributed by atoms with van der Waals surface area (Å²) < 4.78 is 66.9. The zero-order chi connectivity index (χ0) is 21.8. The second-order valence-electron chi connectivity index (χ2n) is 7.58. The molecule has 2 atom stereocenters. The average Bonchev–Trinajstić information content (AvgIpc) is 2.94. The van der Waals surface area contributed by atoms with Crippen molar-refractivity contribution in [2.24, 2.45) is 0 Å². The molecule has 0 saturated carbocycles. The van der Waals surface area contributed by atoms with Crippen molar-refractivity contribution in [3.8, 4) is 0 Å². The lowest BCUT2D eigenvalue weighted by molar-refractivity contribution is -0.137. The van der Waals surface area contributed by atoms with Crippen LogP contribution in [0.2, 0.25) is 0 Å². The predicted molar refractivity (Wildman–Crippen MR) is 104 cm³/mol. The molecule has 5 nitrogen and oxygen atoms in total. The number of halogens is 3. The third-order valence-electron chi connectivity index (χ3n) is 5.36. The Morgan fingerprint density at radius 3 is 2.20 bits per heavy atom. The Labute approximate surface area is 172 Å². The van der Waals surface area contributed by atoms with Gasteiger partial charge in [-0.05, 0) is 35.4 Å². The van der Waals surface area contributed by atoms with Gasteiger partial charge >= 0.3 is 6.18 Å². The maximum absolute atomic E-state index is 13.5. The van der Waals surface area contributed by atoms with Gasteiger partial charge in [0.15, 0.2) is 5.78 Å². The van der Waals surface area contributed by atoms with E-state index >= 15 is 0 Å². The number of fused-ring (bicyclic) bond motifs is 5. The summed E-state index contributed by atoms with van der Waals surface area (Å²) in [7, 11) is -0.690. The fraction of sp³-hybridized carbons (Fsp3) is 0.286. The Bertz CT molecular complexity index is 1140. The molecular weight excluding hydrogens is 417 g/mol. The van der Waals surface area contributed by atoms with Crippen LogP contribution in [0.4, 0.5) is 13.2 Å². The van der Waals surface area contributed by atoms with E-state index in [1.807, 2.05) is 0 Å². The van der Waals surface area contributed by atoms with Gasteiger partial charge in [-0.15, -0.1) is 0 Å². The van der Waals surface area contributed by atoms with Crippen molar-refractivity contribution in [2.75, 3.05) is 14.1 Å². The van der Waals surface area contributed by atoms with Gasteiger partial charge in [0.05, 0.1) is 22.5 Å². The minimum absolute atomic E-state index is 0.0208. The van der Waals surface area contributed by atoms with Gasteiger partial charge < -0.3 is 4.90 Å². The first-order chi connectivity index (χ1) is 14.0. The Balaban J connectivity index is 1.85. The highest BCUT2D eigenvalue weighted by Gasteiger charge is 2.52. The number of nitrogens with zero attached hydrogens (tertiary/aromatic N) is 2. The number of ketones is 1. The fourth-order valence-electron chi connectivity index (χ4n) is 4.13. The number of carbonyl (C=O) groups is 1. The smallest absolute Gasteiger partial charge is 0.383 e. The van der Waals surface area contributed by atoms with Crippen molar-refractivity contribution in [1.29, 1.82) is 0 Å². The van der Waals surface area contributed by atoms with Crippen molar-refractivity contribution in [3.05, 3.63) is 77.0 Å². The van der Waals surface area contributed by atoms with E-state index in [-0.39, 0.29) is 17.1 Å². The number of carbonyl (C=O) groups excluding carboxylic acids is 1. The SMILES string of the molecule is CN(C)C=C1C(=O)CC2c3ccccc3C1N2S(=O)(=O)c1ccc(C(F)(F)F)cc1. The molecule has 2 aliphatic heterocycles. The second kappa shape index (κ2) is 6.95. The molecule has 2 aliphatic rings. The van der Waals surface area contributed by atoms with Crippen LogP contribution in [0.15, 0.2) is 65.2 Å². The first-order valence-corrected chi connectivity index (χ1v) is 10.7. The normalized spacial score (nSPS) is 23.0. The topological polar surface area (TPSA) is 57.7 Å². The summed E-state index contributed by atoms with van der Waals surface area (Å²) >= 11 is 0. The molecule has 2 aromatic rings. The summed E-state index contributed by atoms with van der Waals surface area (Å²) in [5, 5.41) is 0. The Morgan fingerprint density at radius 2 is 1.63 bits per heavy atom. The van der Waals surface area contributed by atoms with Gasteiger partial charge in [0, 0.05) is 32.3 Å². The van der Waals surface area contributed by atoms with E-state index < -0.39 is 33.8 Å². The Morgan fingerprint density at radius 1 is 1.03 bits per heavy atom. The number of rotatable bonds is 3. The lowest BCUT2D eigenvalue weighted by Crippen LogP contribution is -2.40. The molecule has 2 aromatic carbocycles. The van der Waals surface area contributed by atoms with Gasteiger partial charge in [-0.1, -0.05) is 24.3 Å². The average molecular weight is 436 g/mol. The lowest BCUT2D eigenvalue weighted by Gasteiger charge is -2.35. The van der Waals surface area contributed by atoms with Crippen molar-refractivity contribution < 1.29 is 26.4 Å². The van der Waals surface area contributed by atoms with Crippen LogP contribution < -0.4 is 0 Å². The molecule has 9 heteroatoms. The zero-order valence-corrected chi connectivity index (χ0v) is 17.0. The van der Waals surface area contributed by atoms with Gasteiger partial charge in [-0.3, -0.25) is 4.79 Å². The third kappa shape index (κ3) is 3.22. The number of sulfonamides is 1. The van der Waals surface area contributed by atoms with Crippen LogP contribution in [-0.4, -0.2) is 37.5 Å². The van der Waals surface area contributed by atoms with Gasteiger partial charge in [0.1, 0.15) is 0 Å². The number of benzene rings is 2. The highest BCUT2D eigenvalue weighted by Crippen LogP contribution is 2.54. The van der Waals surface area contributed by atoms with Gasteiger partial charge in [0.2, 0.25) is 10.0 Å². The first kappa shape index (κ1) is 20.6. The number of hydrogen-bond acceptors (Lipinski definition) is 4. The van der Waals surface area contributed by atoms with Crippen LogP contribution in [0, 0.1) is 0 Å². The molecule has 2 bridgehead atoms. The summed E-state index contributed by atoms with van der Waals surface area (Å²) in [6.07, 6.45) is -2.97. The van der Waals surface area contributed by atoms with E-state index in [2.05, 4.69) is 0 Å². The van der Waals surface area contributed by atoms with Gasteiger partial charge in [-0.2, -0.15) is 17.5 Å². The van der Waals surface area contributed by atoms with Crippen LogP contribution >= 0.6 is 0 Å². The summed E-state index contributed by atoms with van der Waals surface area (Å²) in [4.78, 5) is 14.2. The predicted octanol–water partition coefficient (Wildman–Crippen LogP) is 3.91. The highest BCUT2D eigenvalue weighted by molar-refractivity contribution is 7.89. The molecule has 0 N–H and O–H groups in total. The molecule has 0 spiro atoms. The van der Waals surface area contributed by atoms with Crippen LogP contribution in [0.5, 0.6) is 0 Å². The second-order valence-corrected chi connectivity index (χ2v) is 9.42. The van der Waals surface area contributed by atoms with Crippen LogP contribution in [0.3, 0.4) is 0 Å². The van der Waals surface area contributed by atoms with Crippen LogP contribution in [0.25, 0.3) is 0 Å². The summed E-state index contributed by atoms with van der Waals surface area (Å²) in [6.45, 7) is 0. The number of alkyl halides is 3. The molecule has 0 amide bonds. The number of hydrogen-bond donors (Lipinski definition) is 0. The number of piperidine rings is 1. The lowest BCUT2D eigenvalue weighted by atomic mass is 9.96. The van der Waals surface area contributed by atoms with Crippen molar-refractivity contribution >= 4 is 15.8 Å². The van der Waals surface area contributed by atoms with E-state index in [0.717, 1.165) is 35.4 Å². The molecule has 30 heavy (non-hydrogen) atoms. The van der Waals surface area contributed by atoms with Crippen molar-refractivity contribution in [1.82, 2.24) is 9.21 Å². The van der Waals surface area contributed by atoms with Crippen LogP contribution in [0.1, 0.15) is 35.2 Å². The van der Waals surface area contributed by atoms with E-state index in [0.29, 0.717) is 5.57 Å². The van der Waals surface area contributed by atoms with Crippen molar-refractivity contribution in [2.45, 2.75) is 29.6 Å². The minimum Gasteiger partial charge on any atom is -0.383 e. The molecule has 0 aliphatic carbocycles. The molecule has 2 unspecified atom stereocenters.